The first-order valence-corrected chi connectivity index (χ1v) is 7.43. The topological polar surface area (TPSA) is 113 Å². The summed E-state index contributed by atoms with van der Waals surface area (Å²) < 4.78 is 31.0. The van der Waals surface area contributed by atoms with Gasteiger partial charge in [0.1, 0.15) is 11.5 Å². The standard InChI is InChI=1S/C12H14N4O4S/c1-8-7-20-11(15-9-5-3-4-6-14-9)10(8)16-21(18,19)12(17)13-2/h3-7,16H,1-2H3,(H,13,17)(H,14,15). The van der Waals surface area contributed by atoms with Crippen LogP contribution in [0.15, 0.2) is 35.1 Å². The highest BCUT2D eigenvalue weighted by Gasteiger charge is 2.24. The number of carbonyl (C=O) groups is 1. The van der Waals surface area contributed by atoms with Crippen molar-refractivity contribution < 1.29 is 17.6 Å². The average molecular weight is 310 g/mol. The highest BCUT2D eigenvalue weighted by molar-refractivity contribution is 8.07. The van der Waals surface area contributed by atoms with Gasteiger partial charge in [-0.15, -0.1) is 0 Å². The van der Waals surface area contributed by atoms with Crippen LogP contribution in [-0.2, 0) is 10.0 Å². The van der Waals surface area contributed by atoms with Crippen molar-refractivity contribution in [2.75, 3.05) is 17.1 Å². The number of aryl methyl sites for hydroxylation is 1. The van der Waals surface area contributed by atoms with Crippen molar-refractivity contribution >= 4 is 32.7 Å². The van der Waals surface area contributed by atoms with Gasteiger partial charge in [-0.05, 0) is 19.1 Å². The van der Waals surface area contributed by atoms with Crippen molar-refractivity contribution in [1.82, 2.24) is 10.3 Å². The Bertz CT molecular complexity index is 740. The molecule has 112 valence electrons. The summed E-state index contributed by atoms with van der Waals surface area (Å²) in [6.07, 6.45) is 2.94. The van der Waals surface area contributed by atoms with Gasteiger partial charge >= 0.3 is 15.3 Å². The average Bonchev–Trinajstić information content (AvgIpc) is 2.80. The fourth-order valence-electron chi connectivity index (χ4n) is 1.53. The number of sulfonamides is 1. The van der Waals surface area contributed by atoms with E-state index in [0.29, 0.717) is 11.4 Å². The van der Waals surface area contributed by atoms with E-state index in [4.69, 9.17) is 4.42 Å². The van der Waals surface area contributed by atoms with Crippen molar-refractivity contribution in [3.63, 3.8) is 0 Å². The van der Waals surface area contributed by atoms with Gasteiger partial charge in [-0.25, -0.2) is 4.98 Å². The summed E-state index contributed by atoms with van der Waals surface area (Å²) in [6.45, 7) is 1.65. The first kappa shape index (κ1) is 14.9. The Morgan fingerprint density at radius 1 is 1.33 bits per heavy atom. The first-order chi connectivity index (χ1) is 9.94. The molecule has 2 aromatic rings. The molecule has 0 saturated heterocycles. The molecule has 0 unspecified atom stereocenters. The lowest BCUT2D eigenvalue weighted by atomic mass is 10.3. The van der Waals surface area contributed by atoms with Gasteiger partial charge in [-0.1, -0.05) is 6.07 Å². The molecule has 0 saturated carbocycles. The monoisotopic (exact) mass is 310 g/mol. The highest BCUT2D eigenvalue weighted by atomic mass is 32.2. The third kappa shape index (κ3) is 3.31. The first-order valence-electron chi connectivity index (χ1n) is 5.94. The van der Waals surface area contributed by atoms with Crippen molar-refractivity contribution in [2.24, 2.45) is 0 Å². The summed E-state index contributed by atoms with van der Waals surface area (Å²) in [5.74, 6) is 0.630. The number of anilines is 3. The van der Waals surface area contributed by atoms with Crippen LogP contribution in [0.5, 0.6) is 0 Å². The third-order valence-electron chi connectivity index (χ3n) is 2.57. The lowest BCUT2D eigenvalue weighted by Gasteiger charge is -2.08. The van der Waals surface area contributed by atoms with E-state index in [1.54, 1.807) is 31.3 Å². The van der Waals surface area contributed by atoms with Crippen molar-refractivity contribution in [3.8, 4) is 0 Å². The molecular formula is C12H14N4O4S. The molecule has 0 atom stereocenters. The molecule has 2 rings (SSSR count). The Labute approximate surface area is 121 Å². The number of amides is 1. The van der Waals surface area contributed by atoms with E-state index in [-0.39, 0.29) is 11.6 Å². The van der Waals surface area contributed by atoms with E-state index >= 15 is 0 Å². The maximum Gasteiger partial charge on any atom is 0.356 e. The van der Waals surface area contributed by atoms with E-state index in [1.165, 1.54) is 13.3 Å². The van der Waals surface area contributed by atoms with E-state index in [0.717, 1.165) is 0 Å². The number of furan rings is 1. The van der Waals surface area contributed by atoms with Crippen molar-refractivity contribution in [1.29, 1.82) is 0 Å². The number of hydrogen-bond donors (Lipinski definition) is 3. The van der Waals surface area contributed by atoms with E-state index in [2.05, 4.69) is 20.3 Å². The summed E-state index contributed by atoms with van der Waals surface area (Å²) in [4.78, 5) is 15.4. The van der Waals surface area contributed by atoms with Gasteiger partial charge in [0.2, 0.25) is 5.88 Å². The van der Waals surface area contributed by atoms with Crippen LogP contribution in [0.25, 0.3) is 0 Å². The minimum Gasteiger partial charge on any atom is -0.446 e. The molecule has 0 aliphatic heterocycles. The Kier molecular flexibility index (Phi) is 4.13. The zero-order valence-electron chi connectivity index (χ0n) is 11.4. The molecule has 0 radical (unpaired) electrons. The van der Waals surface area contributed by atoms with Gasteiger partial charge < -0.3 is 15.1 Å². The molecule has 8 nitrogen and oxygen atoms in total. The lowest BCUT2D eigenvalue weighted by Crippen LogP contribution is -2.31. The summed E-state index contributed by atoms with van der Waals surface area (Å²) in [7, 11) is -2.96. The van der Waals surface area contributed by atoms with Crippen LogP contribution in [0.2, 0.25) is 0 Å². The number of carbonyl (C=O) groups excluding carboxylic acids is 1. The molecule has 0 aliphatic carbocycles. The fraction of sp³-hybridized carbons (Fsp3) is 0.167. The van der Waals surface area contributed by atoms with Crippen molar-refractivity contribution in [2.45, 2.75) is 6.92 Å². The zero-order valence-corrected chi connectivity index (χ0v) is 12.2. The molecule has 2 heterocycles. The highest BCUT2D eigenvalue weighted by Crippen LogP contribution is 2.31. The summed E-state index contributed by atoms with van der Waals surface area (Å²) >= 11 is 0. The molecule has 1 amide bonds. The lowest BCUT2D eigenvalue weighted by molar-refractivity contribution is 0.260. The SMILES string of the molecule is CNC(=O)S(=O)(=O)Nc1c(C)coc1Nc1ccccn1. The Morgan fingerprint density at radius 2 is 2.10 bits per heavy atom. The molecule has 0 fully saturated rings. The van der Waals surface area contributed by atoms with Crippen LogP contribution in [0.1, 0.15) is 5.56 Å². The van der Waals surface area contributed by atoms with Gasteiger partial charge in [-0.3, -0.25) is 9.52 Å². The van der Waals surface area contributed by atoms with Gasteiger partial charge in [0.05, 0.1) is 6.26 Å². The largest absolute Gasteiger partial charge is 0.446 e. The molecular weight excluding hydrogens is 296 g/mol. The maximum absolute atomic E-state index is 11.8. The Hall–Kier alpha value is -2.55. The maximum atomic E-state index is 11.8. The molecule has 21 heavy (non-hydrogen) atoms. The van der Waals surface area contributed by atoms with Gasteiger partial charge in [0.25, 0.3) is 0 Å². The van der Waals surface area contributed by atoms with Crippen LogP contribution in [-0.4, -0.2) is 25.7 Å². The van der Waals surface area contributed by atoms with E-state index in [9.17, 15) is 13.2 Å². The smallest absolute Gasteiger partial charge is 0.356 e. The van der Waals surface area contributed by atoms with Gasteiger partial charge in [0.15, 0.2) is 0 Å². The number of nitrogens with zero attached hydrogens (tertiary/aromatic N) is 1. The molecule has 9 heteroatoms. The molecule has 0 aromatic carbocycles. The number of aromatic nitrogens is 1. The minimum absolute atomic E-state index is 0.152. The number of pyridine rings is 1. The molecule has 2 aromatic heterocycles. The summed E-state index contributed by atoms with van der Waals surface area (Å²) in [6, 6.07) is 5.20. The number of nitrogens with one attached hydrogen (secondary N) is 3. The predicted octanol–water partition coefficient (Wildman–Crippen LogP) is 1.81. The zero-order chi connectivity index (χ0) is 15.5. The molecule has 0 bridgehead atoms. The van der Waals surface area contributed by atoms with Gasteiger partial charge in [0, 0.05) is 18.8 Å². The predicted molar refractivity (Wildman–Crippen MR) is 78.0 cm³/mol. The molecule has 3 N–H and O–H groups in total. The van der Waals surface area contributed by atoms with E-state index < -0.39 is 15.3 Å². The van der Waals surface area contributed by atoms with Gasteiger partial charge in [-0.2, -0.15) is 8.42 Å². The third-order valence-corrected chi connectivity index (χ3v) is 3.73. The minimum atomic E-state index is -4.19. The van der Waals surface area contributed by atoms with Crippen LogP contribution in [0.3, 0.4) is 0 Å². The quantitative estimate of drug-likeness (QED) is 0.793. The second-order valence-corrected chi connectivity index (χ2v) is 5.69. The summed E-state index contributed by atoms with van der Waals surface area (Å²) in [5, 5.41) is 3.76. The second-order valence-electron chi connectivity index (χ2n) is 4.11. The van der Waals surface area contributed by atoms with Crippen LogP contribution in [0.4, 0.5) is 22.2 Å². The van der Waals surface area contributed by atoms with Crippen LogP contribution in [0, 0.1) is 6.92 Å². The van der Waals surface area contributed by atoms with Crippen LogP contribution >= 0.6 is 0 Å². The molecule has 0 spiro atoms. The normalized spacial score (nSPS) is 11.0. The Balaban J connectivity index is 2.29. The fourth-order valence-corrected chi connectivity index (χ4v) is 2.41. The molecule has 0 aliphatic rings. The Morgan fingerprint density at radius 3 is 2.71 bits per heavy atom. The van der Waals surface area contributed by atoms with Crippen LogP contribution < -0.4 is 15.4 Å². The second kappa shape index (κ2) is 5.83. The van der Waals surface area contributed by atoms with Crippen molar-refractivity contribution in [3.05, 3.63) is 36.2 Å². The number of rotatable bonds is 4. The summed E-state index contributed by atoms with van der Waals surface area (Å²) in [5.41, 5.74) is 0.685. The number of hydrogen-bond acceptors (Lipinski definition) is 6. The van der Waals surface area contributed by atoms with E-state index in [1.807, 2.05) is 0 Å².